The van der Waals surface area contributed by atoms with E-state index in [0.717, 1.165) is 41.3 Å². The van der Waals surface area contributed by atoms with Crippen molar-refractivity contribution in [3.8, 4) is 22.6 Å². The molecule has 0 spiro atoms. The second kappa shape index (κ2) is 6.33. The standard InChI is InChI=1S/C20H21N7O/c1-21-17-9-16(14-10-22-18-13(14)7-4-8-26(18)2)25-19-15(11-23-27(17)19)20(28)24-12-5-3-6-12/h4,7-12,21H,3,5-6H2,1-2H3,(H,24,28). The first-order valence-electron chi connectivity index (χ1n) is 9.43. The first-order chi connectivity index (χ1) is 13.7. The lowest BCUT2D eigenvalue weighted by Crippen LogP contribution is -2.39. The minimum absolute atomic E-state index is 0.122. The van der Waals surface area contributed by atoms with Gasteiger partial charge in [-0.15, -0.1) is 0 Å². The van der Waals surface area contributed by atoms with Crippen molar-refractivity contribution in [2.45, 2.75) is 25.3 Å². The van der Waals surface area contributed by atoms with Gasteiger partial charge < -0.3 is 15.2 Å². The maximum atomic E-state index is 12.7. The smallest absolute Gasteiger partial charge is 0.256 e. The van der Waals surface area contributed by atoms with E-state index in [4.69, 9.17) is 4.98 Å². The van der Waals surface area contributed by atoms with E-state index in [2.05, 4.69) is 20.7 Å². The molecule has 1 aliphatic carbocycles. The Bertz CT molecular complexity index is 1150. The monoisotopic (exact) mass is 375 g/mol. The van der Waals surface area contributed by atoms with E-state index in [1.165, 1.54) is 6.42 Å². The summed E-state index contributed by atoms with van der Waals surface area (Å²) in [5.41, 5.74) is 3.72. The van der Waals surface area contributed by atoms with Crippen molar-refractivity contribution in [2.24, 2.45) is 7.05 Å². The lowest BCUT2D eigenvalue weighted by Gasteiger charge is -2.26. The third-order valence-corrected chi connectivity index (χ3v) is 5.44. The van der Waals surface area contributed by atoms with E-state index in [-0.39, 0.29) is 11.9 Å². The molecule has 2 aromatic rings. The van der Waals surface area contributed by atoms with Gasteiger partial charge in [0.2, 0.25) is 0 Å². The van der Waals surface area contributed by atoms with Crippen molar-refractivity contribution in [3.05, 3.63) is 42.4 Å². The Kier molecular flexibility index (Phi) is 3.78. The van der Waals surface area contributed by atoms with E-state index in [1.807, 2.05) is 49.3 Å². The molecule has 2 aromatic heterocycles. The molecule has 28 heavy (non-hydrogen) atoms. The van der Waals surface area contributed by atoms with Crippen molar-refractivity contribution in [1.82, 2.24) is 29.5 Å². The Hall–Kier alpha value is -3.42. The van der Waals surface area contributed by atoms with Crippen LogP contribution in [0.4, 0.5) is 5.82 Å². The number of carbonyl (C=O) groups is 1. The van der Waals surface area contributed by atoms with Crippen molar-refractivity contribution in [1.29, 1.82) is 0 Å². The van der Waals surface area contributed by atoms with Crippen LogP contribution in [-0.4, -0.2) is 43.1 Å². The van der Waals surface area contributed by atoms with Crippen LogP contribution < -0.4 is 10.6 Å². The van der Waals surface area contributed by atoms with Gasteiger partial charge in [-0.05, 0) is 31.4 Å². The summed E-state index contributed by atoms with van der Waals surface area (Å²) in [6.07, 6.45) is 8.62. The molecule has 2 aliphatic heterocycles. The van der Waals surface area contributed by atoms with E-state index >= 15 is 0 Å². The van der Waals surface area contributed by atoms with Gasteiger partial charge in [0.1, 0.15) is 17.2 Å². The Balaban J connectivity index is 1.63. The van der Waals surface area contributed by atoms with Crippen molar-refractivity contribution in [2.75, 3.05) is 12.4 Å². The number of nitrogens with zero attached hydrogens (tertiary/aromatic N) is 5. The van der Waals surface area contributed by atoms with Crippen LogP contribution in [0, 0.1) is 0 Å². The summed E-state index contributed by atoms with van der Waals surface area (Å²) in [6.45, 7) is 0. The van der Waals surface area contributed by atoms with Crippen LogP contribution in [0.2, 0.25) is 0 Å². The van der Waals surface area contributed by atoms with Crippen molar-refractivity contribution >= 4 is 17.4 Å². The minimum Gasteiger partial charge on any atom is -0.373 e. The molecule has 142 valence electrons. The number of fused-ring (bicyclic) bond motifs is 2. The molecule has 8 heteroatoms. The number of hydrogen-bond acceptors (Lipinski definition) is 5. The highest BCUT2D eigenvalue weighted by Crippen LogP contribution is 2.33. The van der Waals surface area contributed by atoms with Gasteiger partial charge in [-0.2, -0.15) is 9.61 Å². The first-order valence-corrected chi connectivity index (χ1v) is 9.43. The fourth-order valence-electron chi connectivity index (χ4n) is 3.63. The highest BCUT2D eigenvalue weighted by molar-refractivity contribution is 6.00. The van der Waals surface area contributed by atoms with E-state index in [1.54, 1.807) is 10.7 Å². The van der Waals surface area contributed by atoms with Gasteiger partial charge in [-0.25, -0.2) is 9.97 Å². The largest absolute Gasteiger partial charge is 0.373 e. The summed E-state index contributed by atoms with van der Waals surface area (Å²) in [7, 11) is 3.80. The molecule has 0 atom stereocenters. The summed E-state index contributed by atoms with van der Waals surface area (Å²) in [5.74, 6) is 1.53. The van der Waals surface area contributed by atoms with Crippen molar-refractivity contribution in [3.63, 3.8) is 0 Å². The van der Waals surface area contributed by atoms with Crippen LogP contribution in [0.1, 0.15) is 29.6 Å². The average Bonchev–Trinajstić information content (AvgIpc) is 3.28. The number of pyridine rings is 1. The molecule has 8 nitrogen and oxygen atoms in total. The fourth-order valence-corrected chi connectivity index (χ4v) is 3.63. The second-order valence-electron chi connectivity index (χ2n) is 7.20. The molecule has 0 aromatic carbocycles. The summed E-state index contributed by atoms with van der Waals surface area (Å²) in [4.78, 5) is 22.1. The van der Waals surface area contributed by atoms with Crippen LogP contribution in [0.5, 0.6) is 0 Å². The molecule has 3 aliphatic rings. The topological polar surface area (TPSA) is 89.1 Å². The normalized spacial score (nSPS) is 14.4. The molecule has 0 unspecified atom stereocenters. The fraction of sp³-hybridized carbons (Fsp3) is 0.300. The molecule has 2 N–H and O–H groups in total. The van der Waals surface area contributed by atoms with Crippen LogP contribution in [0.15, 0.2) is 36.8 Å². The Morgan fingerprint density at radius 2 is 2.11 bits per heavy atom. The highest BCUT2D eigenvalue weighted by atomic mass is 16.1. The number of aryl methyl sites for hydroxylation is 1. The van der Waals surface area contributed by atoms with Crippen LogP contribution in [0.25, 0.3) is 28.3 Å². The molecule has 1 saturated carbocycles. The van der Waals surface area contributed by atoms with Gasteiger partial charge in [0.05, 0.1) is 11.9 Å². The Labute approximate surface area is 161 Å². The predicted octanol–water partition coefficient (Wildman–Crippen LogP) is 2.56. The zero-order valence-corrected chi connectivity index (χ0v) is 15.8. The third kappa shape index (κ3) is 2.52. The zero-order chi connectivity index (χ0) is 19.3. The summed E-state index contributed by atoms with van der Waals surface area (Å²) in [6, 6.07) is 6.21. The second-order valence-corrected chi connectivity index (χ2v) is 7.20. The number of rotatable bonds is 4. The van der Waals surface area contributed by atoms with Gasteiger partial charge in [0, 0.05) is 49.7 Å². The zero-order valence-electron chi connectivity index (χ0n) is 15.8. The number of nitrogens with one attached hydrogen (secondary N) is 2. The molecule has 5 rings (SSSR count). The van der Waals surface area contributed by atoms with E-state index in [0.29, 0.717) is 11.2 Å². The van der Waals surface area contributed by atoms with Crippen LogP contribution in [-0.2, 0) is 7.05 Å². The van der Waals surface area contributed by atoms with Gasteiger partial charge in [0.15, 0.2) is 5.65 Å². The molecule has 0 saturated heterocycles. The number of carbonyl (C=O) groups excluding carboxylic acids is 1. The van der Waals surface area contributed by atoms with Gasteiger partial charge in [-0.3, -0.25) is 4.79 Å². The maximum Gasteiger partial charge on any atom is 0.256 e. The van der Waals surface area contributed by atoms with E-state index < -0.39 is 0 Å². The Morgan fingerprint density at radius 1 is 1.25 bits per heavy atom. The molecule has 0 bridgehead atoms. The lowest BCUT2D eigenvalue weighted by molar-refractivity contribution is 0.0918. The number of amides is 1. The molecular formula is C20H21N7O. The van der Waals surface area contributed by atoms with E-state index in [9.17, 15) is 4.79 Å². The summed E-state index contributed by atoms with van der Waals surface area (Å²) < 4.78 is 3.64. The first kappa shape index (κ1) is 16.7. The summed E-state index contributed by atoms with van der Waals surface area (Å²) >= 11 is 0. The summed E-state index contributed by atoms with van der Waals surface area (Å²) in [5, 5.41) is 10.6. The number of anilines is 1. The highest BCUT2D eigenvalue weighted by Gasteiger charge is 2.24. The average molecular weight is 375 g/mol. The van der Waals surface area contributed by atoms with Crippen molar-refractivity contribution < 1.29 is 4.79 Å². The third-order valence-electron chi connectivity index (χ3n) is 5.44. The molecule has 4 heterocycles. The molecule has 0 radical (unpaired) electrons. The quantitative estimate of drug-likeness (QED) is 0.572. The van der Waals surface area contributed by atoms with Gasteiger partial charge >= 0.3 is 0 Å². The number of hydrogen-bond donors (Lipinski definition) is 2. The van der Waals surface area contributed by atoms with Gasteiger partial charge in [-0.1, -0.05) is 0 Å². The minimum atomic E-state index is -0.122. The molecule has 1 amide bonds. The lowest BCUT2D eigenvalue weighted by atomic mass is 9.93. The molecular weight excluding hydrogens is 354 g/mol. The maximum absolute atomic E-state index is 12.7. The predicted molar refractivity (Wildman–Crippen MR) is 106 cm³/mol. The Morgan fingerprint density at radius 3 is 2.86 bits per heavy atom. The van der Waals surface area contributed by atoms with Gasteiger partial charge in [0.25, 0.3) is 5.91 Å². The SMILES string of the molecule is CNc1cc(-c2cnc3n(C)cccc2-3)nc2c(C(=O)NC3CCC3)cnn12. The van der Waals surface area contributed by atoms with Crippen LogP contribution in [0.3, 0.4) is 0 Å². The molecule has 1 fully saturated rings. The number of aromatic nitrogens is 5. The van der Waals surface area contributed by atoms with Crippen LogP contribution >= 0.6 is 0 Å².